The number of benzene rings is 5. The molecule has 49 heavy (non-hydrogen) atoms. The molecule has 11 nitrogen and oxygen atoms in total. The Morgan fingerprint density at radius 1 is 0.776 bits per heavy atom. The molecule has 5 aromatic rings. The molecule has 0 amide bonds. The summed E-state index contributed by atoms with van der Waals surface area (Å²) in [6, 6.07) is 34.9. The number of carboxylic acid groups (broad SMARTS) is 2. The van der Waals surface area contributed by atoms with E-state index >= 15 is 0 Å². The van der Waals surface area contributed by atoms with Crippen LogP contribution in [-0.2, 0) is 29.4 Å². The van der Waals surface area contributed by atoms with Crippen LogP contribution < -0.4 is 5.32 Å². The zero-order valence-electron chi connectivity index (χ0n) is 26.2. The first-order valence-electron chi connectivity index (χ1n) is 15.5. The molecule has 5 aromatic carbocycles. The van der Waals surface area contributed by atoms with Gasteiger partial charge in [-0.1, -0.05) is 103 Å². The lowest BCUT2D eigenvalue weighted by Gasteiger charge is -2.39. The lowest BCUT2D eigenvalue weighted by molar-refractivity contribution is -0.384. The predicted molar refractivity (Wildman–Crippen MR) is 182 cm³/mol. The Morgan fingerprint density at radius 3 is 1.82 bits per heavy atom. The second-order valence-electron chi connectivity index (χ2n) is 11.5. The minimum Gasteiger partial charge on any atom is -0.481 e. The molecule has 5 rings (SSSR count). The fourth-order valence-electron chi connectivity index (χ4n) is 6.05. The predicted octanol–water partition coefficient (Wildman–Crippen LogP) is 6.36. The van der Waals surface area contributed by atoms with Crippen LogP contribution in [0.4, 0.5) is 5.69 Å². The summed E-state index contributed by atoms with van der Waals surface area (Å²) in [4.78, 5) is 35.7. The first-order chi connectivity index (χ1) is 23.5. The molecule has 3 N–H and O–H groups in total. The van der Waals surface area contributed by atoms with Crippen molar-refractivity contribution in [2.45, 2.75) is 35.7 Å². The number of carbonyl (C=O) groups is 2. The van der Waals surface area contributed by atoms with Crippen molar-refractivity contribution in [1.29, 1.82) is 0 Å². The number of non-ortho nitro benzene ring substituents is 1. The van der Waals surface area contributed by atoms with E-state index in [2.05, 4.69) is 5.32 Å². The van der Waals surface area contributed by atoms with Gasteiger partial charge in [0.1, 0.15) is 10.9 Å². The summed E-state index contributed by atoms with van der Waals surface area (Å²) in [6.07, 6.45) is -0.403. The van der Waals surface area contributed by atoms with Gasteiger partial charge in [0.15, 0.2) is 0 Å². The Hall–Kier alpha value is -5.43. The quantitative estimate of drug-likeness (QED) is 0.0349. The van der Waals surface area contributed by atoms with Crippen molar-refractivity contribution in [2.75, 3.05) is 6.61 Å². The van der Waals surface area contributed by atoms with Crippen LogP contribution in [0, 0.1) is 16.0 Å². The number of nitro benzene ring substituents is 1. The fraction of sp³-hybridized carbons (Fsp3) is 0.189. The molecule has 12 heteroatoms. The minimum absolute atomic E-state index is 0.0192. The third-order valence-corrected chi connectivity index (χ3v) is 9.79. The number of hydrogen-bond donors (Lipinski definition) is 3. The Balaban J connectivity index is 1.37. The number of nitrogens with one attached hydrogen (secondary N) is 1. The molecule has 0 heterocycles. The van der Waals surface area contributed by atoms with E-state index in [0.29, 0.717) is 5.39 Å². The van der Waals surface area contributed by atoms with E-state index in [1.807, 2.05) is 91.0 Å². The highest BCUT2D eigenvalue weighted by Gasteiger charge is 2.41. The smallest absolute Gasteiger partial charge is 0.320 e. The molecule has 0 saturated heterocycles. The number of rotatable bonds is 16. The van der Waals surface area contributed by atoms with Crippen molar-refractivity contribution in [3.05, 3.63) is 154 Å². The number of nitro groups is 1. The van der Waals surface area contributed by atoms with Gasteiger partial charge < -0.3 is 10.2 Å². The van der Waals surface area contributed by atoms with Gasteiger partial charge in [0, 0.05) is 17.5 Å². The summed E-state index contributed by atoms with van der Waals surface area (Å²) in [5.74, 6) is -3.65. The van der Waals surface area contributed by atoms with Crippen LogP contribution in [0.1, 0.15) is 36.0 Å². The molecule has 0 radical (unpaired) electrons. The Morgan fingerprint density at radius 2 is 1.33 bits per heavy atom. The second kappa shape index (κ2) is 15.2. The molecule has 252 valence electrons. The van der Waals surface area contributed by atoms with Crippen LogP contribution in [0.25, 0.3) is 10.8 Å². The van der Waals surface area contributed by atoms with Gasteiger partial charge in [-0.2, -0.15) is 8.42 Å². The summed E-state index contributed by atoms with van der Waals surface area (Å²) >= 11 is 0. The SMILES string of the molecule is O=C(O)[C@@H](CCCOS(=O)(=O)c1cccc2ccc([N+](=O)[O-])cc12)C[C@H](NC(c1ccccc1)(c1ccccc1)c1ccccc1)C(=O)O. The van der Waals surface area contributed by atoms with Gasteiger partial charge in [-0.3, -0.25) is 29.2 Å². The Bertz CT molecular complexity index is 1940. The van der Waals surface area contributed by atoms with Crippen LogP contribution in [0.5, 0.6) is 0 Å². The first kappa shape index (κ1) is 34.9. The maximum atomic E-state index is 13.1. The van der Waals surface area contributed by atoms with Gasteiger partial charge in [0.05, 0.1) is 23.0 Å². The average molecular weight is 683 g/mol. The fourth-order valence-corrected chi connectivity index (χ4v) is 7.20. The monoisotopic (exact) mass is 682 g/mol. The molecule has 0 fully saturated rings. The van der Waals surface area contributed by atoms with E-state index in [1.165, 1.54) is 24.3 Å². The van der Waals surface area contributed by atoms with Crippen molar-refractivity contribution >= 4 is 38.5 Å². The highest BCUT2D eigenvalue weighted by molar-refractivity contribution is 7.87. The molecule has 0 spiro atoms. The van der Waals surface area contributed by atoms with Crippen LogP contribution >= 0.6 is 0 Å². The molecule has 0 aliphatic rings. The van der Waals surface area contributed by atoms with Crippen molar-refractivity contribution in [3.8, 4) is 0 Å². The van der Waals surface area contributed by atoms with Crippen molar-refractivity contribution in [1.82, 2.24) is 5.32 Å². The third kappa shape index (κ3) is 7.83. The molecule has 0 bridgehead atoms. The van der Waals surface area contributed by atoms with Gasteiger partial charge >= 0.3 is 11.9 Å². The first-order valence-corrected chi connectivity index (χ1v) is 16.9. The number of hydrogen-bond acceptors (Lipinski definition) is 8. The summed E-state index contributed by atoms with van der Waals surface area (Å²) in [7, 11) is -4.38. The van der Waals surface area contributed by atoms with Crippen molar-refractivity contribution < 1.29 is 37.3 Å². The third-order valence-electron chi connectivity index (χ3n) is 8.42. The lowest BCUT2D eigenvalue weighted by atomic mass is 9.76. The largest absolute Gasteiger partial charge is 0.481 e. The molecule has 0 aromatic heterocycles. The highest BCUT2D eigenvalue weighted by atomic mass is 32.2. The minimum atomic E-state index is -4.38. The van der Waals surface area contributed by atoms with E-state index in [-0.39, 0.29) is 41.8 Å². The van der Waals surface area contributed by atoms with Gasteiger partial charge in [0.25, 0.3) is 15.8 Å². The molecule has 0 aliphatic heterocycles. The highest BCUT2D eigenvalue weighted by Crippen LogP contribution is 2.38. The van der Waals surface area contributed by atoms with Crippen LogP contribution in [0.15, 0.2) is 132 Å². The van der Waals surface area contributed by atoms with Gasteiger partial charge in [-0.25, -0.2) is 0 Å². The summed E-state index contributed by atoms with van der Waals surface area (Å²) < 4.78 is 31.5. The molecule has 0 saturated carbocycles. The average Bonchev–Trinajstić information content (AvgIpc) is 3.11. The second-order valence-corrected chi connectivity index (χ2v) is 13.1. The molecule has 2 atom stereocenters. The zero-order valence-corrected chi connectivity index (χ0v) is 27.0. The van der Waals surface area contributed by atoms with E-state index in [9.17, 15) is 38.3 Å². The topological polar surface area (TPSA) is 173 Å². The van der Waals surface area contributed by atoms with Crippen LogP contribution in [-0.4, -0.2) is 48.1 Å². The summed E-state index contributed by atoms with van der Waals surface area (Å²) in [5.41, 5.74) is 0.811. The van der Waals surface area contributed by atoms with E-state index in [0.717, 1.165) is 22.8 Å². The molecular formula is C37H34N2O9S. The number of nitrogens with zero attached hydrogens (tertiary/aromatic N) is 1. The summed E-state index contributed by atoms with van der Waals surface area (Å²) in [6.45, 7) is -0.384. The lowest BCUT2D eigenvalue weighted by Crippen LogP contribution is -2.53. The number of fused-ring (bicyclic) bond motifs is 1. The normalized spacial score (nSPS) is 13.1. The van der Waals surface area contributed by atoms with Crippen LogP contribution in [0.3, 0.4) is 0 Å². The molecule has 0 unspecified atom stereocenters. The Kier molecular flexibility index (Phi) is 10.8. The maximum Gasteiger partial charge on any atom is 0.320 e. The van der Waals surface area contributed by atoms with Crippen molar-refractivity contribution in [3.63, 3.8) is 0 Å². The zero-order chi connectivity index (χ0) is 35.0. The summed E-state index contributed by atoms with van der Waals surface area (Å²) in [5, 5.41) is 35.8. The molecule has 0 aliphatic carbocycles. The Labute approximate surface area is 283 Å². The van der Waals surface area contributed by atoms with Crippen LogP contribution in [0.2, 0.25) is 0 Å². The number of aliphatic carboxylic acids is 2. The van der Waals surface area contributed by atoms with Gasteiger partial charge in [0.2, 0.25) is 0 Å². The standard InChI is InChI=1S/C37H34N2O9S/c40-35(41)27(13-11-23-48-49(46,47)34-20-10-12-26-21-22-31(39(44)45)25-32(26)34)24-33(36(42)43)38-37(28-14-4-1-5-15-28,29-16-6-2-7-17-29)30-18-8-3-9-19-30/h1-10,12,14-22,25,27,33,38H,11,13,23-24H2,(H,40,41)(H,42,43)/t27-,33-/m0/s1. The van der Waals surface area contributed by atoms with E-state index < -0.39 is 44.5 Å². The number of carboxylic acids is 2. The van der Waals surface area contributed by atoms with E-state index in [1.54, 1.807) is 6.07 Å². The maximum absolute atomic E-state index is 13.1. The molecular weight excluding hydrogens is 648 g/mol. The van der Waals surface area contributed by atoms with E-state index in [4.69, 9.17) is 4.18 Å². The van der Waals surface area contributed by atoms with Gasteiger partial charge in [-0.15, -0.1) is 0 Å². The van der Waals surface area contributed by atoms with Gasteiger partial charge in [-0.05, 0) is 53.5 Å². The van der Waals surface area contributed by atoms with Crippen molar-refractivity contribution in [2.24, 2.45) is 5.92 Å².